The molecule has 3 rings (SSSR count). The first-order valence-corrected chi connectivity index (χ1v) is 7.27. The topological polar surface area (TPSA) is 25.8 Å². The first-order chi connectivity index (χ1) is 9.38. The Labute approximate surface area is 120 Å². The van der Waals surface area contributed by atoms with E-state index in [-0.39, 0.29) is 0 Å². The van der Waals surface area contributed by atoms with Gasteiger partial charge in [-0.25, -0.2) is 0 Å². The highest BCUT2D eigenvalue weighted by Gasteiger charge is 2.11. The minimum absolute atomic E-state index is 0.408. The normalized spacial score (nSPS) is 10.6. The summed E-state index contributed by atoms with van der Waals surface area (Å²) in [6.45, 7) is 0. The molecular weight excluding hydrogens is 276 g/mol. The number of aromatic nitrogens is 2. The average Bonchev–Trinajstić information content (AvgIpc) is 2.97. The molecule has 0 aliphatic heterocycles. The van der Waals surface area contributed by atoms with Crippen LogP contribution in [-0.4, -0.2) is 10.2 Å². The number of hydrogen-bond acceptors (Lipinski definition) is 3. The van der Waals surface area contributed by atoms with Crippen LogP contribution in [0.25, 0.3) is 21.7 Å². The van der Waals surface area contributed by atoms with Crippen LogP contribution in [0.5, 0.6) is 0 Å². The summed E-state index contributed by atoms with van der Waals surface area (Å²) < 4.78 is 0. The monoisotopic (exact) mass is 286 g/mol. The molecule has 2 aromatic carbocycles. The van der Waals surface area contributed by atoms with Crippen molar-refractivity contribution in [1.82, 2.24) is 10.2 Å². The van der Waals surface area contributed by atoms with Gasteiger partial charge in [-0.3, -0.25) is 0 Å². The molecule has 4 heteroatoms. The van der Waals surface area contributed by atoms with Gasteiger partial charge in [-0.2, -0.15) is 0 Å². The Morgan fingerprint density at radius 3 is 2.21 bits per heavy atom. The minimum atomic E-state index is 0.408. The second kappa shape index (κ2) is 5.51. The van der Waals surface area contributed by atoms with Gasteiger partial charge in [0.15, 0.2) is 0 Å². The van der Waals surface area contributed by atoms with E-state index in [0.29, 0.717) is 5.88 Å². The number of nitrogens with zero attached hydrogens (tertiary/aromatic N) is 2. The van der Waals surface area contributed by atoms with Crippen LogP contribution in [0, 0.1) is 0 Å². The lowest BCUT2D eigenvalue weighted by molar-refractivity contribution is 1.04. The summed E-state index contributed by atoms with van der Waals surface area (Å²) in [6.07, 6.45) is 0. The Kier molecular flexibility index (Phi) is 3.58. The maximum Gasteiger partial charge on any atom is 0.148 e. The van der Waals surface area contributed by atoms with Crippen molar-refractivity contribution < 1.29 is 0 Å². The van der Waals surface area contributed by atoms with Crippen molar-refractivity contribution in [2.24, 2.45) is 0 Å². The van der Waals surface area contributed by atoms with Gasteiger partial charge in [0.05, 0.1) is 5.88 Å². The van der Waals surface area contributed by atoms with Crippen molar-refractivity contribution in [3.05, 3.63) is 59.6 Å². The van der Waals surface area contributed by atoms with Gasteiger partial charge < -0.3 is 0 Å². The number of benzene rings is 2. The molecule has 0 saturated carbocycles. The maximum absolute atomic E-state index is 5.79. The van der Waals surface area contributed by atoms with E-state index < -0.39 is 0 Å². The van der Waals surface area contributed by atoms with E-state index in [1.165, 1.54) is 11.1 Å². The van der Waals surface area contributed by atoms with Gasteiger partial charge in [0.1, 0.15) is 10.0 Å². The molecule has 0 unspecified atom stereocenters. The summed E-state index contributed by atoms with van der Waals surface area (Å²) in [6, 6.07) is 18.5. The molecule has 0 aliphatic carbocycles. The highest BCUT2D eigenvalue weighted by Crippen LogP contribution is 2.33. The fraction of sp³-hybridized carbons (Fsp3) is 0.0667. The molecule has 0 aliphatic rings. The van der Waals surface area contributed by atoms with Crippen molar-refractivity contribution in [2.75, 3.05) is 0 Å². The molecule has 0 amide bonds. The lowest BCUT2D eigenvalue weighted by atomic mass is 10.0. The Hall–Kier alpha value is -1.71. The van der Waals surface area contributed by atoms with Gasteiger partial charge in [-0.15, -0.1) is 21.8 Å². The largest absolute Gasteiger partial charge is 0.148 e. The third kappa shape index (κ3) is 2.53. The molecule has 0 atom stereocenters. The summed E-state index contributed by atoms with van der Waals surface area (Å²) in [5.74, 6) is 0.408. The predicted molar refractivity (Wildman–Crippen MR) is 80.3 cm³/mol. The molecule has 1 aromatic heterocycles. The van der Waals surface area contributed by atoms with E-state index in [1.54, 1.807) is 11.3 Å². The zero-order valence-corrected chi connectivity index (χ0v) is 11.7. The molecule has 19 heavy (non-hydrogen) atoms. The Morgan fingerprint density at radius 1 is 0.842 bits per heavy atom. The fourth-order valence-corrected chi connectivity index (χ4v) is 2.90. The van der Waals surface area contributed by atoms with Crippen molar-refractivity contribution in [1.29, 1.82) is 0 Å². The minimum Gasteiger partial charge on any atom is -0.142 e. The van der Waals surface area contributed by atoms with Gasteiger partial charge in [-0.05, 0) is 11.1 Å². The third-order valence-corrected chi connectivity index (χ3v) is 4.19. The summed E-state index contributed by atoms with van der Waals surface area (Å²) in [4.78, 5) is 0. The summed E-state index contributed by atoms with van der Waals surface area (Å²) in [5.41, 5.74) is 3.45. The average molecular weight is 287 g/mol. The standard InChI is InChI=1S/C15H11ClN2S/c16-10-14-17-18-15(19-14)13-9-5-4-8-12(13)11-6-2-1-3-7-11/h1-9H,10H2. The molecule has 0 fully saturated rings. The second-order valence-corrected chi connectivity index (χ2v) is 5.38. The number of hydrogen-bond donors (Lipinski definition) is 0. The van der Waals surface area contributed by atoms with E-state index in [4.69, 9.17) is 11.6 Å². The summed E-state index contributed by atoms with van der Waals surface area (Å²) in [5, 5.41) is 10.1. The van der Waals surface area contributed by atoms with Crippen molar-refractivity contribution in [2.45, 2.75) is 5.88 Å². The Morgan fingerprint density at radius 2 is 1.53 bits per heavy atom. The van der Waals surface area contributed by atoms with Crippen LogP contribution >= 0.6 is 22.9 Å². The van der Waals surface area contributed by atoms with Gasteiger partial charge in [-0.1, -0.05) is 65.9 Å². The van der Waals surface area contributed by atoms with Gasteiger partial charge in [0.2, 0.25) is 0 Å². The third-order valence-electron chi connectivity index (χ3n) is 2.82. The van der Waals surface area contributed by atoms with Crippen molar-refractivity contribution in [3.8, 4) is 21.7 Å². The van der Waals surface area contributed by atoms with E-state index in [0.717, 1.165) is 15.6 Å². The molecule has 3 aromatic rings. The van der Waals surface area contributed by atoms with Gasteiger partial charge in [0.25, 0.3) is 0 Å². The van der Waals surface area contributed by atoms with Crippen molar-refractivity contribution in [3.63, 3.8) is 0 Å². The van der Waals surface area contributed by atoms with Gasteiger partial charge in [0, 0.05) is 5.56 Å². The zero-order valence-electron chi connectivity index (χ0n) is 10.1. The van der Waals surface area contributed by atoms with Crippen LogP contribution in [0.4, 0.5) is 0 Å². The lowest BCUT2D eigenvalue weighted by Gasteiger charge is -2.06. The quantitative estimate of drug-likeness (QED) is 0.657. The van der Waals surface area contributed by atoms with Crippen LogP contribution in [-0.2, 0) is 5.88 Å². The summed E-state index contributed by atoms with van der Waals surface area (Å²) in [7, 11) is 0. The second-order valence-electron chi connectivity index (χ2n) is 4.05. The van der Waals surface area contributed by atoms with E-state index in [1.807, 2.05) is 30.3 Å². The molecule has 2 nitrogen and oxygen atoms in total. The predicted octanol–water partition coefficient (Wildman–Crippen LogP) is 4.61. The molecule has 1 heterocycles. The van der Waals surface area contributed by atoms with Crippen molar-refractivity contribution >= 4 is 22.9 Å². The highest BCUT2D eigenvalue weighted by molar-refractivity contribution is 7.14. The van der Waals surface area contributed by atoms with Crippen LogP contribution < -0.4 is 0 Å². The SMILES string of the molecule is ClCc1nnc(-c2ccccc2-c2ccccc2)s1. The molecule has 0 spiro atoms. The molecule has 0 bridgehead atoms. The summed E-state index contributed by atoms with van der Waals surface area (Å²) >= 11 is 7.33. The number of alkyl halides is 1. The molecule has 0 saturated heterocycles. The smallest absolute Gasteiger partial charge is 0.142 e. The van der Waals surface area contributed by atoms with Crippen LogP contribution in [0.3, 0.4) is 0 Å². The van der Waals surface area contributed by atoms with E-state index in [9.17, 15) is 0 Å². The van der Waals surface area contributed by atoms with E-state index >= 15 is 0 Å². The zero-order chi connectivity index (χ0) is 13.1. The number of rotatable bonds is 3. The van der Waals surface area contributed by atoms with Crippen LogP contribution in [0.1, 0.15) is 5.01 Å². The van der Waals surface area contributed by atoms with E-state index in [2.05, 4.69) is 34.5 Å². The number of halogens is 1. The molecule has 0 radical (unpaired) electrons. The Bertz CT molecular complexity index is 679. The highest BCUT2D eigenvalue weighted by atomic mass is 35.5. The Balaban J connectivity index is 2.12. The molecule has 94 valence electrons. The fourth-order valence-electron chi connectivity index (χ4n) is 1.96. The lowest BCUT2D eigenvalue weighted by Crippen LogP contribution is -1.84. The first-order valence-electron chi connectivity index (χ1n) is 5.91. The molecular formula is C15H11ClN2S. The van der Waals surface area contributed by atoms with Gasteiger partial charge >= 0.3 is 0 Å². The van der Waals surface area contributed by atoms with Crippen LogP contribution in [0.2, 0.25) is 0 Å². The van der Waals surface area contributed by atoms with Crippen LogP contribution in [0.15, 0.2) is 54.6 Å². The maximum atomic E-state index is 5.79. The molecule has 0 N–H and O–H groups in total. The first kappa shape index (κ1) is 12.3.